The van der Waals surface area contributed by atoms with E-state index in [0.717, 1.165) is 24.8 Å². The van der Waals surface area contributed by atoms with Crippen molar-refractivity contribution in [2.24, 2.45) is 0 Å². The molecule has 8 nitrogen and oxygen atoms in total. The molecule has 1 fully saturated rings. The molecule has 2 amide bonds. The Hall–Kier alpha value is -2.65. The van der Waals surface area contributed by atoms with Crippen LogP contribution in [0.15, 0.2) is 35.2 Å². The van der Waals surface area contributed by atoms with E-state index in [0.29, 0.717) is 31.0 Å². The van der Waals surface area contributed by atoms with Crippen LogP contribution in [-0.2, 0) is 21.4 Å². The molecule has 0 atom stereocenters. The quantitative estimate of drug-likeness (QED) is 0.577. The molecule has 3 N–H and O–H groups in total. The summed E-state index contributed by atoms with van der Waals surface area (Å²) in [6.45, 7) is 4.95. The molecule has 1 aliphatic rings. The van der Waals surface area contributed by atoms with Crippen molar-refractivity contribution in [1.29, 1.82) is 0 Å². The van der Waals surface area contributed by atoms with Crippen LogP contribution >= 0.6 is 0 Å². The number of sulfonamides is 1. The molecular weight excluding hydrogens is 416 g/mol. The minimum atomic E-state index is -3.96. The number of hydrogen-bond acceptors (Lipinski definition) is 4. The highest BCUT2D eigenvalue weighted by molar-refractivity contribution is 7.89. The molecule has 0 radical (unpaired) electrons. The first-order chi connectivity index (χ1) is 14.8. The van der Waals surface area contributed by atoms with Gasteiger partial charge in [0.05, 0.1) is 5.56 Å². The number of H-pyrrole nitrogens is 1. The van der Waals surface area contributed by atoms with Crippen LogP contribution in [0.3, 0.4) is 0 Å². The van der Waals surface area contributed by atoms with E-state index in [-0.39, 0.29) is 35.2 Å². The molecule has 31 heavy (non-hydrogen) atoms. The second-order valence-electron chi connectivity index (χ2n) is 7.84. The molecule has 3 rings (SSSR count). The molecule has 0 aliphatic carbocycles. The second-order valence-corrected chi connectivity index (χ2v) is 9.55. The highest BCUT2D eigenvalue weighted by atomic mass is 32.2. The lowest BCUT2D eigenvalue weighted by atomic mass is 10.1. The van der Waals surface area contributed by atoms with Gasteiger partial charge in [-0.2, -0.15) is 0 Å². The van der Waals surface area contributed by atoms with Gasteiger partial charge in [-0.15, -0.1) is 0 Å². The number of aryl methyl sites for hydroxylation is 2. The number of amides is 2. The third kappa shape index (κ3) is 5.74. The van der Waals surface area contributed by atoms with Gasteiger partial charge in [0, 0.05) is 44.0 Å². The Bertz CT molecular complexity index is 1030. The number of carbonyl (C=O) groups is 2. The van der Waals surface area contributed by atoms with Crippen molar-refractivity contribution in [3.8, 4) is 0 Å². The van der Waals surface area contributed by atoms with Gasteiger partial charge in [0.25, 0.3) is 5.91 Å². The van der Waals surface area contributed by atoms with Crippen molar-refractivity contribution in [1.82, 2.24) is 19.9 Å². The van der Waals surface area contributed by atoms with Gasteiger partial charge in [-0.05, 0) is 38.7 Å². The molecule has 9 heteroatoms. The van der Waals surface area contributed by atoms with E-state index in [1.165, 1.54) is 0 Å². The largest absolute Gasteiger partial charge is 0.361 e. The maximum atomic E-state index is 13.1. The zero-order chi connectivity index (χ0) is 22.4. The van der Waals surface area contributed by atoms with Crippen molar-refractivity contribution >= 4 is 21.8 Å². The summed E-state index contributed by atoms with van der Waals surface area (Å²) < 4.78 is 28.5. The Morgan fingerprint density at radius 2 is 1.71 bits per heavy atom. The van der Waals surface area contributed by atoms with Crippen LogP contribution in [0, 0.1) is 13.8 Å². The monoisotopic (exact) mass is 446 g/mol. The Kier molecular flexibility index (Phi) is 7.50. The maximum absolute atomic E-state index is 13.1. The Labute approximate surface area is 183 Å². The molecule has 1 saturated heterocycles. The van der Waals surface area contributed by atoms with Gasteiger partial charge in [0.1, 0.15) is 4.90 Å². The number of rotatable bonds is 8. The average Bonchev–Trinajstić information content (AvgIpc) is 3.07. The van der Waals surface area contributed by atoms with Crippen molar-refractivity contribution < 1.29 is 18.0 Å². The minimum absolute atomic E-state index is 0.00389. The summed E-state index contributed by atoms with van der Waals surface area (Å²) in [4.78, 5) is 29.8. The van der Waals surface area contributed by atoms with E-state index in [2.05, 4.69) is 15.0 Å². The van der Waals surface area contributed by atoms with Gasteiger partial charge < -0.3 is 15.2 Å². The number of benzene rings is 1. The first-order valence-corrected chi connectivity index (χ1v) is 12.1. The number of nitrogens with zero attached hydrogens (tertiary/aromatic N) is 1. The highest BCUT2D eigenvalue weighted by Crippen LogP contribution is 2.26. The third-order valence-electron chi connectivity index (χ3n) is 5.42. The number of aromatic nitrogens is 1. The Morgan fingerprint density at radius 1 is 1.03 bits per heavy atom. The molecule has 0 unspecified atom stereocenters. The fourth-order valence-electron chi connectivity index (χ4n) is 3.86. The van der Waals surface area contributed by atoms with Crippen LogP contribution in [0.1, 0.15) is 53.0 Å². The second kappa shape index (κ2) is 10.1. The summed E-state index contributed by atoms with van der Waals surface area (Å²) in [7, 11) is -3.96. The summed E-state index contributed by atoms with van der Waals surface area (Å²) in [6.07, 6.45) is 2.93. The molecule has 1 aliphatic heterocycles. The number of nitrogens with one attached hydrogen (secondary N) is 3. The highest BCUT2D eigenvalue weighted by Gasteiger charge is 2.31. The number of carbonyl (C=O) groups excluding carboxylic acids is 2. The summed E-state index contributed by atoms with van der Waals surface area (Å²) in [5.41, 5.74) is 2.11. The predicted octanol–water partition coefficient (Wildman–Crippen LogP) is 2.24. The van der Waals surface area contributed by atoms with Crippen LogP contribution in [-0.4, -0.2) is 49.8 Å². The topological polar surface area (TPSA) is 111 Å². The molecule has 0 spiro atoms. The molecule has 2 heterocycles. The van der Waals surface area contributed by atoms with Crippen LogP contribution < -0.4 is 10.0 Å². The van der Waals surface area contributed by atoms with Gasteiger partial charge in [0.15, 0.2) is 0 Å². The number of hydrogen-bond donors (Lipinski definition) is 3. The Morgan fingerprint density at radius 3 is 2.39 bits per heavy atom. The lowest BCUT2D eigenvalue weighted by molar-refractivity contribution is -0.121. The number of aromatic amines is 1. The summed E-state index contributed by atoms with van der Waals surface area (Å²) in [5.74, 6) is -0.513. The van der Waals surface area contributed by atoms with Crippen LogP contribution in [0.2, 0.25) is 0 Å². The van der Waals surface area contributed by atoms with Gasteiger partial charge >= 0.3 is 0 Å². The summed E-state index contributed by atoms with van der Waals surface area (Å²) >= 11 is 0. The average molecular weight is 447 g/mol. The molecule has 1 aromatic carbocycles. The van der Waals surface area contributed by atoms with E-state index in [1.807, 2.05) is 30.3 Å². The lowest BCUT2D eigenvalue weighted by Gasteiger charge is -2.27. The van der Waals surface area contributed by atoms with Gasteiger partial charge in [-0.25, -0.2) is 13.1 Å². The van der Waals surface area contributed by atoms with Crippen LogP contribution in [0.5, 0.6) is 0 Å². The van der Waals surface area contributed by atoms with Gasteiger partial charge in [-0.1, -0.05) is 30.3 Å². The lowest BCUT2D eigenvalue weighted by Crippen LogP contribution is -2.37. The van der Waals surface area contributed by atoms with Crippen molar-refractivity contribution in [3.05, 3.63) is 52.8 Å². The molecule has 1 aromatic heterocycles. The van der Waals surface area contributed by atoms with E-state index in [1.54, 1.807) is 18.7 Å². The predicted molar refractivity (Wildman–Crippen MR) is 118 cm³/mol. The summed E-state index contributed by atoms with van der Waals surface area (Å²) in [6, 6.07) is 9.48. The van der Waals surface area contributed by atoms with Crippen LogP contribution in [0.25, 0.3) is 0 Å². The van der Waals surface area contributed by atoms with Crippen molar-refractivity contribution in [3.63, 3.8) is 0 Å². The fourth-order valence-corrected chi connectivity index (χ4v) is 5.34. The summed E-state index contributed by atoms with van der Waals surface area (Å²) in [5, 5.41) is 2.77. The van der Waals surface area contributed by atoms with E-state index in [4.69, 9.17) is 0 Å². The SMILES string of the molecule is Cc1[nH]c(C)c(S(=O)(=O)NCCC(=O)NCc2ccccc2)c1C(=O)N1CCCCC1. The molecule has 0 saturated carbocycles. The first kappa shape index (κ1) is 23.0. The molecular formula is C22H30N4O4S. The zero-order valence-corrected chi connectivity index (χ0v) is 18.8. The molecule has 168 valence electrons. The van der Waals surface area contributed by atoms with Gasteiger partial charge in [-0.3, -0.25) is 9.59 Å². The fraction of sp³-hybridized carbons (Fsp3) is 0.455. The van der Waals surface area contributed by atoms with E-state index < -0.39 is 10.0 Å². The van der Waals surface area contributed by atoms with Crippen molar-refractivity contribution in [2.45, 2.75) is 51.0 Å². The third-order valence-corrected chi connectivity index (χ3v) is 7.05. The normalized spacial score (nSPS) is 14.5. The Balaban J connectivity index is 1.63. The van der Waals surface area contributed by atoms with E-state index in [9.17, 15) is 18.0 Å². The molecule has 0 bridgehead atoms. The van der Waals surface area contributed by atoms with Gasteiger partial charge in [0.2, 0.25) is 15.9 Å². The van der Waals surface area contributed by atoms with Crippen molar-refractivity contribution in [2.75, 3.05) is 19.6 Å². The number of piperidine rings is 1. The minimum Gasteiger partial charge on any atom is -0.361 e. The molecule has 2 aromatic rings. The van der Waals surface area contributed by atoms with E-state index >= 15 is 0 Å². The maximum Gasteiger partial charge on any atom is 0.257 e. The number of likely N-dealkylation sites (tertiary alicyclic amines) is 1. The van der Waals surface area contributed by atoms with Crippen LogP contribution in [0.4, 0.5) is 0 Å². The zero-order valence-electron chi connectivity index (χ0n) is 18.0. The smallest absolute Gasteiger partial charge is 0.257 e. The standard InChI is InChI=1S/C22H30N4O4S/c1-16-20(22(28)26-13-7-4-8-14-26)21(17(2)25-16)31(29,30)24-12-11-19(27)23-15-18-9-5-3-6-10-18/h3,5-6,9-10,24-25H,4,7-8,11-15H2,1-2H3,(H,23,27). The first-order valence-electron chi connectivity index (χ1n) is 10.6.